The van der Waals surface area contributed by atoms with Crippen molar-refractivity contribution in [1.82, 2.24) is 9.38 Å². The molecule has 0 atom stereocenters. The van der Waals surface area contributed by atoms with Crippen molar-refractivity contribution < 1.29 is 9.53 Å². The van der Waals surface area contributed by atoms with Gasteiger partial charge in [-0.15, -0.1) is 0 Å². The Kier molecular flexibility index (Phi) is 3.93. The molecule has 0 N–H and O–H groups in total. The van der Waals surface area contributed by atoms with Crippen molar-refractivity contribution in [3.8, 4) is 0 Å². The highest BCUT2D eigenvalue weighted by atomic mass is 16.5. The highest BCUT2D eigenvalue weighted by molar-refractivity contribution is 5.89. The summed E-state index contributed by atoms with van der Waals surface area (Å²) in [5.41, 5.74) is 3.17. The Balaban J connectivity index is 1.83. The van der Waals surface area contributed by atoms with Gasteiger partial charge in [0.15, 0.2) is 0 Å². The Morgan fingerprint density at radius 3 is 2.78 bits per heavy atom. The molecule has 0 radical (unpaired) electrons. The molecule has 5 nitrogen and oxygen atoms in total. The molecule has 116 valence electrons. The number of ether oxygens (including phenoxy) is 1. The summed E-state index contributed by atoms with van der Waals surface area (Å²) in [5, 5.41) is 0. The number of hydrogen-bond acceptors (Lipinski definition) is 4. The Hall–Kier alpha value is -2.95. The zero-order valence-corrected chi connectivity index (χ0v) is 12.9. The molecule has 5 heteroatoms. The number of esters is 1. The summed E-state index contributed by atoms with van der Waals surface area (Å²) in [4.78, 5) is 28.6. The zero-order valence-electron chi connectivity index (χ0n) is 12.9. The monoisotopic (exact) mass is 308 g/mol. The molecule has 2 aromatic heterocycles. The number of pyridine rings is 1. The summed E-state index contributed by atoms with van der Waals surface area (Å²) in [5.74, 6) is -0.430. The van der Waals surface area contributed by atoms with Gasteiger partial charge < -0.3 is 4.74 Å². The van der Waals surface area contributed by atoms with Crippen LogP contribution in [0.1, 0.15) is 27.2 Å². The first-order valence-electron chi connectivity index (χ1n) is 7.26. The first-order chi connectivity index (χ1) is 11.0. The van der Waals surface area contributed by atoms with Crippen LogP contribution >= 0.6 is 0 Å². The minimum absolute atomic E-state index is 0.0349. The van der Waals surface area contributed by atoms with Crippen LogP contribution in [0.25, 0.3) is 5.65 Å². The third-order valence-electron chi connectivity index (χ3n) is 3.54. The fourth-order valence-corrected chi connectivity index (χ4v) is 2.38. The van der Waals surface area contributed by atoms with E-state index in [1.165, 1.54) is 10.5 Å². The van der Waals surface area contributed by atoms with Crippen LogP contribution < -0.4 is 5.56 Å². The molecule has 0 fully saturated rings. The molecule has 0 amide bonds. The quantitative estimate of drug-likeness (QED) is 0.698. The molecule has 23 heavy (non-hydrogen) atoms. The molecule has 0 aliphatic heterocycles. The first kappa shape index (κ1) is 15.0. The van der Waals surface area contributed by atoms with E-state index >= 15 is 0 Å². The molecule has 0 spiro atoms. The predicted octanol–water partition coefficient (Wildman–Crippen LogP) is 2.67. The van der Waals surface area contributed by atoms with Gasteiger partial charge in [0, 0.05) is 12.3 Å². The number of aryl methyl sites for hydroxylation is 2. The van der Waals surface area contributed by atoms with Crippen molar-refractivity contribution in [1.29, 1.82) is 0 Å². The van der Waals surface area contributed by atoms with E-state index in [1.807, 2.05) is 26.0 Å². The maximum atomic E-state index is 12.1. The smallest absolute Gasteiger partial charge is 0.338 e. The van der Waals surface area contributed by atoms with Crippen LogP contribution in [0.2, 0.25) is 0 Å². The van der Waals surface area contributed by atoms with Gasteiger partial charge in [-0.1, -0.05) is 23.8 Å². The molecule has 0 saturated heterocycles. The fourth-order valence-electron chi connectivity index (χ4n) is 2.38. The molecule has 3 rings (SSSR count). The van der Waals surface area contributed by atoms with E-state index in [2.05, 4.69) is 4.98 Å². The van der Waals surface area contributed by atoms with Crippen LogP contribution in [0.4, 0.5) is 0 Å². The van der Waals surface area contributed by atoms with E-state index < -0.39 is 5.97 Å². The topological polar surface area (TPSA) is 60.7 Å². The van der Waals surface area contributed by atoms with E-state index in [0.29, 0.717) is 16.9 Å². The van der Waals surface area contributed by atoms with Crippen LogP contribution in [0.3, 0.4) is 0 Å². The number of rotatable bonds is 3. The maximum absolute atomic E-state index is 12.1. The number of aromatic nitrogens is 2. The van der Waals surface area contributed by atoms with Crippen molar-refractivity contribution >= 4 is 11.6 Å². The number of hydrogen-bond donors (Lipinski definition) is 0. The SMILES string of the molecule is Cc1cccc(C(=O)OCc2cc(=O)n3cccc(C)c3n2)c1. The van der Waals surface area contributed by atoms with Crippen molar-refractivity contribution in [2.45, 2.75) is 20.5 Å². The molecule has 3 aromatic rings. The maximum Gasteiger partial charge on any atom is 0.338 e. The summed E-state index contributed by atoms with van der Waals surface area (Å²) < 4.78 is 6.74. The van der Waals surface area contributed by atoms with Gasteiger partial charge in [0.1, 0.15) is 12.3 Å². The Morgan fingerprint density at radius 2 is 2.00 bits per heavy atom. The van der Waals surface area contributed by atoms with Gasteiger partial charge in [0.2, 0.25) is 0 Å². The summed E-state index contributed by atoms with van der Waals surface area (Å²) in [6, 6.07) is 12.2. The molecule has 0 aliphatic rings. The Morgan fingerprint density at radius 1 is 1.17 bits per heavy atom. The Bertz CT molecular complexity index is 944. The summed E-state index contributed by atoms with van der Waals surface area (Å²) in [6.07, 6.45) is 1.67. The highest BCUT2D eigenvalue weighted by Crippen LogP contribution is 2.09. The van der Waals surface area contributed by atoms with Crippen molar-refractivity contribution in [3.63, 3.8) is 0 Å². The average molecular weight is 308 g/mol. The van der Waals surface area contributed by atoms with Gasteiger partial charge in [-0.3, -0.25) is 9.20 Å². The van der Waals surface area contributed by atoms with Crippen LogP contribution in [0, 0.1) is 13.8 Å². The molecular formula is C18H16N2O3. The minimum atomic E-state index is -0.430. The normalized spacial score (nSPS) is 10.7. The zero-order chi connectivity index (χ0) is 16.4. The van der Waals surface area contributed by atoms with Crippen molar-refractivity contribution in [2.24, 2.45) is 0 Å². The number of benzene rings is 1. The lowest BCUT2D eigenvalue weighted by molar-refractivity contribution is 0.0467. The number of carbonyl (C=O) groups excluding carboxylic acids is 1. The van der Waals surface area contributed by atoms with Gasteiger partial charge >= 0.3 is 5.97 Å². The summed E-state index contributed by atoms with van der Waals surface area (Å²) in [6.45, 7) is 3.75. The number of carbonyl (C=O) groups is 1. The van der Waals surface area contributed by atoms with Crippen molar-refractivity contribution in [2.75, 3.05) is 0 Å². The summed E-state index contributed by atoms with van der Waals surface area (Å²) in [7, 11) is 0. The predicted molar refractivity (Wildman–Crippen MR) is 86.5 cm³/mol. The first-order valence-corrected chi connectivity index (χ1v) is 7.26. The lowest BCUT2D eigenvalue weighted by atomic mass is 10.1. The largest absolute Gasteiger partial charge is 0.456 e. The second kappa shape index (κ2) is 6.04. The Labute approximate surface area is 133 Å². The highest BCUT2D eigenvalue weighted by Gasteiger charge is 2.10. The lowest BCUT2D eigenvalue weighted by Gasteiger charge is -2.07. The molecule has 0 unspecified atom stereocenters. The van der Waals surface area contributed by atoms with Gasteiger partial charge in [0.05, 0.1) is 11.3 Å². The molecular weight excluding hydrogens is 292 g/mol. The molecule has 0 aliphatic carbocycles. The van der Waals surface area contributed by atoms with E-state index in [9.17, 15) is 9.59 Å². The van der Waals surface area contributed by atoms with E-state index in [-0.39, 0.29) is 12.2 Å². The average Bonchev–Trinajstić information content (AvgIpc) is 2.53. The second-order valence-electron chi connectivity index (χ2n) is 5.42. The van der Waals surface area contributed by atoms with Crippen LogP contribution in [0.15, 0.2) is 53.5 Å². The van der Waals surface area contributed by atoms with E-state index in [1.54, 1.807) is 30.5 Å². The molecule has 0 saturated carbocycles. The number of fused-ring (bicyclic) bond motifs is 1. The standard InChI is InChI=1S/C18H16N2O3/c1-12-5-3-7-14(9-12)18(22)23-11-15-10-16(21)20-8-4-6-13(2)17(20)19-15/h3-10H,11H2,1-2H3. The van der Waals surface area contributed by atoms with Crippen molar-refractivity contribution in [3.05, 3.63) is 81.4 Å². The van der Waals surface area contributed by atoms with Gasteiger partial charge in [-0.25, -0.2) is 9.78 Å². The molecule has 2 heterocycles. The van der Waals surface area contributed by atoms with E-state index in [4.69, 9.17) is 4.74 Å². The van der Waals surface area contributed by atoms with Gasteiger partial charge in [-0.05, 0) is 37.6 Å². The third kappa shape index (κ3) is 3.13. The minimum Gasteiger partial charge on any atom is -0.456 e. The molecule has 0 bridgehead atoms. The van der Waals surface area contributed by atoms with E-state index in [0.717, 1.165) is 11.1 Å². The second-order valence-corrected chi connectivity index (χ2v) is 5.42. The van der Waals surface area contributed by atoms with Crippen LogP contribution in [0.5, 0.6) is 0 Å². The fraction of sp³-hybridized carbons (Fsp3) is 0.167. The van der Waals surface area contributed by atoms with Crippen LogP contribution in [-0.4, -0.2) is 15.4 Å². The number of nitrogens with zero attached hydrogens (tertiary/aromatic N) is 2. The lowest BCUT2D eigenvalue weighted by Crippen LogP contribution is -2.17. The van der Waals surface area contributed by atoms with Gasteiger partial charge in [-0.2, -0.15) is 0 Å². The van der Waals surface area contributed by atoms with Gasteiger partial charge in [0.25, 0.3) is 5.56 Å². The molecule has 1 aromatic carbocycles. The third-order valence-corrected chi connectivity index (χ3v) is 3.54. The summed E-state index contributed by atoms with van der Waals surface area (Å²) >= 11 is 0. The van der Waals surface area contributed by atoms with Crippen LogP contribution in [-0.2, 0) is 11.3 Å².